The van der Waals surface area contributed by atoms with Crippen LogP contribution in [0.25, 0.3) is 0 Å². The van der Waals surface area contributed by atoms with E-state index in [0.717, 1.165) is 6.42 Å². The Morgan fingerprint density at radius 3 is 2.86 bits per heavy atom. The van der Waals surface area contributed by atoms with Crippen molar-refractivity contribution >= 4 is 21.6 Å². The number of anilines is 1. The molecule has 21 heavy (non-hydrogen) atoms. The molecule has 0 saturated carbocycles. The molecule has 1 aromatic heterocycles. The van der Waals surface area contributed by atoms with Crippen molar-refractivity contribution < 1.29 is 17.9 Å². The standard InChI is InChI=1S/C12H15BrF3N3O2/c1-7-8(2-3-21-7)4-17-9-5-18-19(6-12(14,15)16)11(20)10(9)13/h5,7-8,17H,2-4,6H2,1H3. The van der Waals surface area contributed by atoms with E-state index in [4.69, 9.17) is 4.74 Å². The van der Waals surface area contributed by atoms with E-state index < -0.39 is 18.3 Å². The van der Waals surface area contributed by atoms with Crippen LogP contribution in [0.3, 0.4) is 0 Å². The van der Waals surface area contributed by atoms with E-state index in [9.17, 15) is 18.0 Å². The zero-order valence-corrected chi connectivity index (χ0v) is 12.9. The minimum Gasteiger partial charge on any atom is -0.382 e. The second-order valence-electron chi connectivity index (χ2n) is 4.96. The molecule has 0 amide bonds. The van der Waals surface area contributed by atoms with Gasteiger partial charge in [0.1, 0.15) is 11.0 Å². The fraction of sp³-hybridized carbons (Fsp3) is 0.667. The summed E-state index contributed by atoms with van der Waals surface area (Å²) in [6.07, 6.45) is -2.24. The predicted molar refractivity (Wildman–Crippen MR) is 74.3 cm³/mol. The van der Waals surface area contributed by atoms with Crippen LogP contribution in [0.2, 0.25) is 0 Å². The highest BCUT2D eigenvalue weighted by atomic mass is 79.9. The van der Waals surface area contributed by atoms with Gasteiger partial charge in [-0.15, -0.1) is 0 Å². The second kappa shape index (κ2) is 6.35. The first-order valence-electron chi connectivity index (χ1n) is 6.46. The lowest BCUT2D eigenvalue weighted by Gasteiger charge is -2.16. The number of hydrogen-bond donors (Lipinski definition) is 1. The highest BCUT2D eigenvalue weighted by Gasteiger charge is 2.30. The van der Waals surface area contributed by atoms with E-state index >= 15 is 0 Å². The number of ether oxygens (including phenoxy) is 1. The van der Waals surface area contributed by atoms with Crippen LogP contribution in [-0.2, 0) is 11.3 Å². The van der Waals surface area contributed by atoms with Gasteiger partial charge in [-0.2, -0.15) is 18.3 Å². The van der Waals surface area contributed by atoms with E-state index in [2.05, 4.69) is 26.3 Å². The highest BCUT2D eigenvalue weighted by Crippen LogP contribution is 2.23. The Kier molecular flexibility index (Phi) is 4.92. The van der Waals surface area contributed by atoms with Crippen molar-refractivity contribution in [2.24, 2.45) is 5.92 Å². The molecule has 1 N–H and O–H groups in total. The Labute approximate surface area is 127 Å². The summed E-state index contributed by atoms with van der Waals surface area (Å²) in [6, 6.07) is 0. The van der Waals surface area contributed by atoms with Crippen LogP contribution < -0.4 is 10.9 Å². The maximum atomic E-state index is 12.3. The lowest BCUT2D eigenvalue weighted by atomic mass is 10.0. The molecule has 1 aliphatic rings. The quantitative estimate of drug-likeness (QED) is 0.885. The number of hydrogen-bond acceptors (Lipinski definition) is 4. The number of aromatic nitrogens is 2. The fourth-order valence-electron chi connectivity index (χ4n) is 2.16. The van der Waals surface area contributed by atoms with Crippen molar-refractivity contribution in [1.82, 2.24) is 9.78 Å². The summed E-state index contributed by atoms with van der Waals surface area (Å²) in [7, 11) is 0. The van der Waals surface area contributed by atoms with Gasteiger partial charge in [-0.1, -0.05) is 0 Å². The molecule has 2 unspecified atom stereocenters. The van der Waals surface area contributed by atoms with Gasteiger partial charge in [0.2, 0.25) is 0 Å². The number of nitrogens with zero attached hydrogens (tertiary/aromatic N) is 2. The normalized spacial score (nSPS) is 22.5. The third-order valence-electron chi connectivity index (χ3n) is 3.40. The van der Waals surface area contributed by atoms with Crippen LogP contribution in [-0.4, -0.2) is 35.2 Å². The van der Waals surface area contributed by atoms with E-state index in [-0.39, 0.29) is 10.6 Å². The molecule has 118 valence electrons. The molecule has 0 bridgehead atoms. The molecule has 5 nitrogen and oxygen atoms in total. The number of alkyl halides is 3. The lowest BCUT2D eigenvalue weighted by molar-refractivity contribution is -0.143. The SMILES string of the molecule is CC1OCCC1CNc1cnn(CC(F)(F)F)c(=O)c1Br. The van der Waals surface area contributed by atoms with Crippen LogP contribution in [0.5, 0.6) is 0 Å². The van der Waals surface area contributed by atoms with Gasteiger partial charge in [-0.25, -0.2) is 4.68 Å². The molecule has 0 aliphatic carbocycles. The molecule has 9 heteroatoms. The van der Waals surface area contributed by atoms with Gasteiger partial charge in [-0.3, -0.25) is 4.79 Å². The van der Waals surface area contributed by atoms with Gasteiger partial charge >= 0.3 is 6.18 Å². The molecule has 1 aliphatic heterocycles. The van der Waals surface area contributed by atoms with Crippen molar-refractivity contribution in [3.05, 3.63) is 21.0 Å². The van der Waals surface area contributed by atoms with Gasteiger partial charge in [0.25, 0.3) is 5.56 Å². The first-order valence-corrected chi connectivity index (χ1v) is 7.25. The highest BCUT2D eigenvalue weighted by molar-refractivity contribution is 9.10. The zero-order valence-electron chi connectivity index (χ0n) is 11.3. The van der Waals surface area contributed by atoms with Crippen LogP contribution in [0.4, 0.5) is 18.9 Å². The molecule has 0 radical (unpaired) electrons. The van der Waals surface area contributed by atoms with Gasteiger partial charge in [0, 0.05) is 19.1 Å². The predicted octanol–water partition coefficient (Wildman–Crippen LogP) is 2.41. The summed E-state index contributed by atoms with van der Waals surface area (Å²) in [5.41, 5.74) is -0.425. The van der Waals surface area contributed by atoms with E-state index in [1.807, 2.05) is 6.92 Å². The minimum atomic E-state index is -4.48. The van der Waals surface area contributed by atoms with Gasteiger partial charge in [0.15, 0.2) is 0 Å². The Hall–Kier alpha value is -1.09. The first kappa shape index (κ1) is 16.3. The van der Waals surface area contributed by atoms with Crippen LogP contribution in [0, 0.1) is 5.92 Å². The number of rotatable bonds is 4. The topological polar surface area (TPSA) is 56.1 Å². The molecule has 2 rings (SSSR count). The summed E-state index contributed by atoms with van der Waals surface area (Å²) in [6.45, 7) is 1.83. The summed E-state index contributed by atoms with van der Waals surface area (Å²) >= 11 is 3.03. The molecular formula is C12H15BrF3N3O2. The summed E-state index contributed by atoms with van der Waals surface area (Å²) in [5.74, 6) is 0.300. The smallest absolute Gasteiger partial charge is 0.382 e. The number of nitrogens with one attached hydrogen (secondary N) is 1. The van der Waals surface area contributed by atoms with Crippen LogP contribution >= 0.6 is 15.9 Å². The Morgan fingerprint density at radius 2 is 2.29 bits per heavy atom. The van der Waals surface area contributed by atoms with Crippen molar-refractivity contribution in [3.8, 4) is 0 Å². The number of halogens is 4. The third kappa shape index (κ3) is 4.19. The fourth-order valence-corrected chi connectivity index (χ4v) is 2.60. The van der Waals surface area contributed by atoms with Crippen molar-refractivity contribution in [1.29, 1.82) is 0 Å². The third-order valence-corrected chi connectivity index (χ3v) is 4.17. The van der Waals surface area contributed by atoms with Crippen molar-refractivity contribution in [2.45, 2.75) is 32.2 Å². The monoisotopic (exact) mass is 369 g/mol. The maximum Gasteiger partial charge on any atom is 0.408 e. The zero-order chi connectivity index (χ0) is 15.6. The van der Waals surface area contributed by atoms with Crippen LogP contribution in [0.15, 0.2) is 15.5 Å². The maximum absolute atomic E-state index is 12.3. The molecule has 1 aromatic rings. The lowest BCUT2D eigenvalue weighted by Crippen LogP contribution is -2.31. The molecule has 1 saturated heterocycles. The molecule has 2 heterocycles. The van der Waals surface area contributed by atoms with Gasteiger partial charge in [-0.05, 0) is 29.3 Å². The van der Waals surface area contributed by atoms with Gasteiger partial charge < -0.3 is 10.1 Å². The van der Waals surface area contributed by atoms with Crippen LogP contribution in [0.1, 0.15) is 13.3 Å². The molecule has 0 spiro atoms. The largest absolute Gasteiger partial charge is 0.408 e. The Morgan fingerprint density at radius 1 is 1.57 bits per heavy atom. The Bertz CT molecular complexity index is 562. The molecule has 0 aromatic carbocycles. The first-order chi connectivity index (χ1) is 9.78. The van der Waals surface area contributed by atoms with Crippen molar-refractivity contribution in [3.63, 3.8) is 0 Å². The summed E-state index contributed by atoms with van der Waals surface area (Å²) in [4.78, 5) is 11.8. The second-order valence-corrected chi connectivity index (χ2v) is 5.75. The van der Waals surface area contributed by atoms with E-state index in [1.165, 1.54) is 6.20 Å². The Balaban J connectivity index is 2.08. The summed E-state index contributed by atoms with van der Waals surface area (Å²) < 4.78 is 42.8. The van der Waals surface area contributed by atoms with E-state index in [0.29, 0.717) is 29.4 Å². The van der Waals surface area contributed by atoms with Crippen molar-refractivity contribution in [2.75, 3.05) is 18.5 Å². The average molecular weight is 370 g/mol. The van der Waals surface area contributed by atoms with E-state index in [1.54, 1.807) is 0 Å². The summed E-state index contributed by atoms with van der Waals surface area (Å²) in [5, 5.41) is 6.58. The average Bonchev–Trinajstić information content (AvgIpc) is 2.78. The van der Waals surface area contributed by atoms with Gasteiger partial charge in [0.05, 0.1) is 18.0 Å². The minimum absolute atomic E-state index is 0.0494. The molecular weight excluding hydrogens is 355 g/mol. The molecule has 2 atom stereocenters. The molecule has 1 fully saturated rings.